The van der Waals surface area contributed by atoms with Gasteiger partial charge < -0.3 is 5.73 Å². The monoisotopic (exact) mass is 248 g/mol. The standard InChI is InChI=1S/C12H16N2.2C2H6/c1-4-10(9(3)13)11-7-6-8-14-12(11)5-2;2*1-2/h4,6-8H,3,5,13H2,1-2H3;2*1-2H3/b10-4+;;. The van der Waals surface area contributed by atoms with E-state index in [2.05, 4.69) is 18.5 Å². The van der Waals surface area contributed by atoms with Gasteiger partial charge in [-0.15, -0.1) is 0 Å². The van der Waals surface area contributed by atoms with Crippen LogP contribution in [0.2, 0.25) is 0 Å². The second-order valence-electron chi connectivity index (χ2n) is 3.08. The summed E-state index contributed by atoms with van der Waals surface area (Å²) in [4.78, 5) is 4.31. The summed E-state index contributed by atoms with van der Waals surface area (Å²) >= 11 is 0. The Balaban J connectivity index is 0. The van der Waals surface area contributed by atoms with E-state index in [4.69, 9.17) is 5.73 Å². The lowest BCUT2D eigenvalue weighted by Crippen LogP contribution is -2.02. The average Bonchev–Trinajstić information content (AvgIpc) is 2.44. The van der Waals surface area contributed by atoms with Gasteiger partial charge in [-0.1, -0.05) is 53.3 Å². The topological polar surface area (TPSA) is 38.9 Å². The molecular weight excluding hydrogens is 220 g/mol. The SMILES string of the molecule is C=C(N)/C(=C\C)c1cccnc1CC.CC.CC. The molecule has 0 radical (unpaired) electrons. The van der Waals surface area contributed by atoms with E-state index in [0.717, 1.165) is 23.3 Å². The molecule has 0 fully saturated rings. The van der Waals surface area contributed by atoms with Gasteiger partial charge in [0.2, 0.25) is 0 Å². The molecule has 0 unspecified atom stereocenters. The quantitative estimate of drug-likeness (QED) is 0.796. The maximum absolute atomic E-state index is 5.71. The van der Waals surface area contributed by atoms with Crippen molar-refractivity contribution in [2.45, 2.75) is 48.0 Å². The third kappa shape index (κ3) is 5.67. The zero-order valence-electron chi connectivity index (χ0n) is 12.7. The Labute approximate surface area is 113 Å². The Morgan fingerprint density at radius 1 is 1.33 bits per heavy atom. The van der Waals surface area contributed by atoms with Crippen LogP contribution in [-0.2, 0) is 6.42 Å². The third-order valence-electron chi connectivity index (χ3n) is 2.15. The van der Waals surface area contributed by atoms with Crippen molar-refractivity contribution in [2.24, 2.45) is 5.73 Å². The van der Waals surface area contributed by atoms with Gasteiger partial charge in [0, 0.05) is 28.7 Å². The van der Waals surface area contributed by atoms with Crippen molar-refractivity contribution in [1.82, 2.24) is 4.98 Å². The minimum absolute atomic E-state index is 0.593. The molecular formula is C16H28N2. The number of hydrogen-bond acceptors (Lipinski definition) is 2. The highest BCUT2D eigenvalue weighted by Gasteiger charge is 2.06. The van der Waals surface area contributed by atoms with Crippen molar-refractivity contribution in [3.8, 4) is 0 Å². The highest BCUT2D eigenvalue weighted by Crippen LogP contribution is 2.21. The molecule has 0 amide bonds. The molecule has 0 aromatic carbocycles. The lowest BCUT2D eigenvalue weighted by molar-refractivity contribution is 1.02. The molecule has 0 aliphatic heterocycles. The van der Waals surface area contributed by atoms with Crippen LogP contribution in [0.25, 0.3) is 5.57 Å². The maximum Gasteiger partial charge on any atom is 0.0479 e. The number of aryl methyl sites for hydroxylation is 1. The Hall–Kier alpha value is -1.57. The van der Waals surface area contributed by atoms with E-state index < -0.39 is 0 Å². The van der Waals surface area contributed by atoms with Crippen molar-refractivity contribution < 1.29 is 0 Å². The number of pyridine rings is 1. The van der Waals surface area contributed by atoms with Crippen LogP contribution in [0, 0.1) is 0 Å². The van der Waals surface area contributed by atoms with Crippen LogP contribution in [0.3, 0.4) is 0 Å². The van der Waals surface area contributed by atoms with E-state index in [0.29, 0.717) is 5.70 Å². The normalized spacial score (nSPS) is 9.56. The van der Waals surface area contributed by atoms with Gasteiger partial charge >= 0.3 is 0 Å². The second-order valence-corrected chi connectivity index (χ2v) is 3.08. The average molecular weight is 248 g/mol. The van der Waals surface area contributed by atoms with E-state index in [-0.39, 0.29) is 0 Å². The van der Waals surface area contributed by atoms with Gasteiger partial charge in [-0.2, -0.15) is 0 Å². The number of aromatic nitrogens is 1. The summed E-state index contributed by atoms with van der Waals surface area (Å²) < 4.78 is 0. The first-order valence-electron chi connectivity index (χ1n) is 6.76. The summed E-state index contributed by atoms with van der Waals surface area (Å²) in [6.07, 6.45) is 4.67. The molecule has 1 heterocycles. The molecule has 0 aliphatic rings. The lowest BCUT2D eigenvalue weighted by atomic mass is 10.0. The molecule has 18 heavy (non-hydrogen) atoms. The summed E-state index contributed by atoms with van der Waals surface area (Å²) in [6.45, 7) is 15.8. The molecule has 2 nitrogen and oxygen atoms in total. The first-order valence-corrected chi connectivity index (χ1v) is 6.76. The second kappa shape index (κ2) is 11.9. The predicted molar refractivity (Wildman–Crippen MR) is 83.3 cm³/mol. The molecule has 1 aromatic heterocycles. The molecule has 2 N–H and O–H groups in total. The number of allylic oxidation sites excluding steroid dienone is 2. The first-order chi connectivity index (χ1) is 8.70. The zero-order chi connectivity index (χ0) is 14.6. The number of rotatable bonds is 3. The fourth-order valence-electron chi connectivity index (χ4n) is 1.48. The summed E-state index contributed by atoms with van der Waals surface area (Å²) in [7, 11) is 0. The van der Waals surface area contributed by atoms with Crippen molar-refractivity contribution in [1.29, 1.82) is 0 Å². The Morgan fingerprint density at radius 3 is 2.28 bits per heavy atom. The Bertz CT molecular complexity index is 365. The van der Waals surface area contributed by atoms with Gasteiger partial charge in [0.25, 0.3) is 0 Å². The van der Waals surface area contributed by atoms with Crippen molar-refractivity contribution in [3.05, 3.63) is 47.9 Å². The molecule has 1 rings (SSSR count). The van der Waals surface area contributed by atoms with E-state index in [1.165, 1.54) is 0 Å². The van der Waals surface area contributed by atoms with Crippen LogP contribution in [0.4, 0.5) is 0 Å². The van der Waals surface area contributed by atoms with E-state index >= 15 is 0 Å². The number of nitrogens with zero attached hydrogens (tertiary/aromatic N) is 1. The zero-order valence-corrected chi connectivity index (χ0v) is 12.7. The summed E-state index contributed by atoms with van der Waals surface area (Å²) in [5, 5.41) is 0. The van der Waals surface area contributed by atoms with Crippen molar-refractivity contribution >= 4 is 5.57 Å². The van der Waals surface area contributed by atoms with Gasteiger partial charge in [-0.3, -0.25) is 4.98 Å². The van der Waals surface area contributed by atoms with Gasteiger partial charge in [-0.05, 0) is 19.4 Å². The fourth-order valence-corrected chi connectivity index (χ4v) is 1.48. The molecule has 0 spiro atoms. The van der Waals surface area contributed by atoms with E-state index in [1.807, 2.05) is 52.8 Å². The Morgan fingerprint density at radius 2 is 1.89 bits per heavy atom. The molecule has 2 heteroatoms. The number of hydrogen-bond donors (Lipinski definition) is 1. The van der Waals surface area contributed by atoms with Gasteiger partial charge in [0.05, 0.1) is 0 Å². The largest absolute Gasteiger partial charge is 0.399 e. The fraction of sp³-hybridized carbons (Fsp3) is 0.438. The van der Waals surface area contributed by atoms with Crippen molar-refractivity contribution in [2.75, 3.05) is 0 Å². The summed E-state index contributed by atoms with van der Waals surface area (Å²) in [5.74, 6) is 0. The van der Waals surface area contributed by atoms with E-state index in [1.54, 1.807) is 6.20 Å². The first kappa shape index (κ1) is 18.8. The molecule has 1 aromatic rings. The van der Waals surface area contributed by atoms with Crippen LogP contribution in [0.5, 0.6) is 0 Å². The van der Waals surface area contributed by atoms with Crippen LogP contribution in [0.15, 0.2) is 36.7 Å². The lowest BCUT2D eigenvalue weighted by Gasteiger charge is -2.10. The molecule has 0 aliphatic carbocycles. The highest BCUT2D eigenvalue weighted by molar-refractivity contribution is 5.78. The van der Waals surface area contributed by atoms with Crippen LogP contribution >= 0.6 is 0 Å². The molecule has 0 saturated heterocycles. The molecule has 0 saturated carbocycles. The third-order valence-corrected chi connectivity index (χ3v) is 2.15. The van der Waals surface area contributed by atoms with Crippen LogP contribution in [-0.4, -0.2) is 4.98 Å². The van der Waals surface area contributed by atoms with Crippen LogP contribution in [0.1, 0.15) is 52.8 Å². The van der Waals surface area contributed by atoms with Gasteiger partial charge in [-0.25, -0.2) is 0 Å². The summed E-state index contributed by atoms with van der Waals surface area (Å²) in [6, 6.07) is 3.94. The number of nitrogens with two attached hydrogens (primary N) is 1. The van der Waals surface area contributed by atoms with Gasteiger partial charge in [0.1, 0.15) is 0 Å². The smallest absolute Gasteiger partial charge is 0.0479 e. The van der Waals surface area contributed by atoms with Crippen LogP contribution < -0.4 is 5.73 Å². The van der Waals surface area contributed by atoms with Gasteiger partial charge in [0.15, 0.2) is 0 Å². The maximum atomic E-state index is 5.71. The minimum Gasteiger partial charge on any atom is -0.399 e. The Kier molecular flexibility index (Phi) is 12.4. The summed E-state index contributed by atoms with van der Waals surface area (Å²) in [5.41, 5.74) is 9.44. The highest BCUT2D eigenvalue weighted by atomic mass is 14.7. The molecule has 0 bridgehead atoms. The minimum atomic E-state index is 0.593. The van der Waals surface area contributed by atoms with E-state index in [9.17, 15) is 0 Å². The molecule has 0 atom stereocenters. The molecule has 102 valence electrons. The predicted octanol–water partition coefficient (Wildman–Crippen LogP) is 4.57. The van der Waals surface area contributed by atoms with Crippen molar-refractivity contribution in [3.63, 3.8) is 0 Å².